The number of hydrogen-bond donors (Lipinski definition) is 0. The van der Waals surface area contributed by atoms with Crippen molar-refractivity contribution in [2.45, 2.75) is 6.42 Å². The van der Waals surface area contributed by atoms with E-state index in [4.69, 9.17) is 34.8 Å². The van der Waals surface area contributed by atoms with E-state index in [-0.39, 0.29) is 5.41 Å². The van der Waals surface area contributed by atoms with Crippen molar-refractivity contribution in [3.05, 3.63) is 35.9 Å². The molecule has 1 aromatic rings. The molecule has 3 heteroatoms. The van der Waals surface area contributed by atoms with Crippen LogP contribution in [0.15, 0.2) is 30.3 Å². The van der Waals surface area contributed by atoms with Crippen LogP contribution in [0.2, 0.25) is 0 Å². The summed E-state index contributed by atoms with van der Waals surface area (Å²) in [5, 5.41) is 0. The monoisotopic (exact) mass is 250 g/mol. The Labute approximate surface area is 100 Å². The minimum Gasteiger partial charge on any atom is -0.126 e. The van der Waals surface area contributed by atoms with E-state index >= 15 is 0 Å². The molecule has 0 heterocycles. The van der Waals surface area contributed by atoms with Crippen molar-refractivity contribution >= 4 is 34.8 Å². The molecule has 0 radical (unpaired) electrons. The zero-order chi connectivity index (χ0) is 10.4. The van der Waals surface area contributed by atoms with Crippen LogP contribution in [0.25, 0.3) is 0 Å². The number of hydrogen-bond acceptors (Lipinski definition) is 0. The van der Waals surface area contributed by atoms with E-state index in [1.165, 1.54) is 5.56 Å². The lowest BCUT2D eigenvalue weighted by molar-refractivity contribution is 0.432. The fourth-order valence-corrected chi connectivity index (χ4v) is 2.42. The van der Waals surface area contributed by atoms with Crippen LogP contribution in [0.1, 0.15) is 5.56 Å². The molecule has 14 heavy (non-hydrogen) atoms. The van der Waals surface area contributed by atoms with Gasteiger partial charge in [0.15, 0.2) is 0 Å². The first-order valence-electron chi connectivity index (χ1n) is 4.48. The van der Waals surface area contributed by atoms with Crippen molar-refractivity contribution in [1.82, 2.24) is 0 Å². The topological polar surface area (TPSA) is 0 Å². The normalized spacial score (nSPS) is 11.6. The van der Waals surface area contributed by atoms with Gasteiger partial charge in [-0.25, -0.2) is 0 Å². The zero-order valence-electron chi connectivity index (χ0n) is 7.85. The van der Waals surface area contributed by atoms with Gasteiger partial charge in [0.2, 0.25) is 0 Å². The Morgan fingerprint density at radius 2 is 1.36 bits per heavy atom. The predicted octanol–water partition coefficient (Wildman–Crippen LogP) is 3.93. The highest BCUT2D eigenvalue weighted by Crippen LogP contribution is 2.28. The third kappa shape index (κ3) is 3.05. The van der Waals surface area contributed by atoms with Gasteiger partial charge in [-0.3, -0.25) is 0 Å². The van der Waals surface area contributed by atoms with E-state index in [1.807, 2.05) is 18.2 Å². The molecule has 1 rings (SSSR count). The molecule has 1 aromatic carbocycles. The minimum absolute atomic E-state index is 0.175. The van der Waals surface area contributed by atoms with Gasteiger partial charge in [-0.1, -0.05) is 30.3 Å². The Bertz CT molecular complexity index is 246. The van der Waals surface area contributed by atoms with Crippen LogP contribution < -0.4 is 0 Å². The lowest BCUT2D eigenvalue weighted by Crippen LogP contribution is -2.30. The average molecular weight is 252 g/mol. The van der Waals surface area contributed by atoms with Gasteiger partial charge in [0.25, 0.3) is 0 Å². The molecule has 0 aliphatic heterocycles. The molecule has 0 amide bonds. The summed E-state index contributed by atoms with van der Waals surface area (Å²) in [6.45, 7) is 0. The van der Waals surface area contributed by atoms with E-state index < -0.39 is 0 Å². The van der Waals surface area contributed by atoms with Gasteiger partial charge in [-0.15, -0.1) is 34.8 Å². The van der Waals surface area contributed by atoms with Crippen LogP contribution in [0.4, 0.5) is 0 Å². The Hall–Kier alpha value is 0.0900. The second kappa shape index (κ2) is 5.85. The fraction of sp³-hybridized carbons (Fsp3) is 0.455. The number of alkyl halides is 3. The molecule has 0 N–H and O–H groups in total. The molecule has 0 aromatic heterocycles. The molecule has 78 valence electrons. The lowest BCUT2D eigenvalue weighted by Gasteiger charge is -2.26. The zero-order valence-corrected chi connectivity index (χ0v) is 10.1. The summed E-state index contributed by atoms with van der Waals surface area (Å²) in [5.74, 6) is 1.48. The quantitative estimate of drug-likeness (QED) is 0.696. The highest BCUT2D eigenvalue weighted by molar-refractivity contribution is 6.24. The predicted molar refractivity (Wildman–Crippen MR) is 64.7 cm³/mol. The van der Waals surface area contributed by atoms with Gasteiger partial charge >= 0.3 is 0 Å². The van der Waals surface area contributed by atoms with E-state index in [1.54, 1.807) is 0 Å². The first-order chi connectivity index (χ1) is 6.76. The number of benzene rings is 1. The molecule has 0 saturated carbocycles. The van der Waals surface area contributed by atoms with Gasteiger partial charge in [-0.05, 0) is 12.0 Å². The summed E-state index contributed by atoms with van der Waals surface area (Å²) >= 11 is 17.7. The van der Waals surface area contributed by atoms with Gasteiger partial charge in [0.1, 0.15) is 0 Å². The fourth-order valence-electron chi connectivity index (χ4n) is 1.28. The maximum atomic E-state index is 5.91. The first kappa shape index (κ1) is 12.2. The van der Waals surface area contributed by atoms with E-state index in [9.17, 15) is 0 Å². The summed E-state index contributed by atoms with van der Waals surface area (Å²) < 4.78 is 0. The van der Waals surface area contributed by atoms with E-state index in [0.29, 0.717) is 17.6 Å². The third-order valence-electron chi connectivity index (χ3n) is 2.27. The van der Waals surface area contributed by atoms with Crippen molar-refractivity contribution in [2.75, 3.05) is 17.6 Å². The van der Waals surface area contributed by atoms with Gasteiger partial charge in [0.05, 0.1) is 0 Å². The summed E-state index contributed by atoms with van der Waals surface area (Å²) in [7, 11) is 0. The van der Waals surface area contributed by atoms with Crippen LogP contribution in [0.5, 0.6) is 0 Å². The van der Waals surface area contributed by atoms with Crippen LogP contribution in [-0.4, -0.2) is 17.6 Å². The van der Waals surface area contributed by atoms with Crippen molar-refractivity contribution in [3.8, 4) is 0 Å². The summed E-state index contributed by atoms with van der Waals surface area (Å²) in [4.78, 5) is 0. The van der Waals surface area contributed by atoms with Gasteiger partial charge < -0.3 is 0 Å². The molecular formula is C11H13Cl3. The van der Waals surface area contributed by atoms with Crippen LogP contribution >= 0.6 is 34.8 Å². The summed E-state index contributed by atoms with van der Waals surface area (Å²) in [5.41, 5.74) is 1.06. The molecule has 0 unspecified atom stereocenters. The first-order valence-corrected chi connectivity index (χ1v) is 6.08. The van der Waals surface area contributed by atoms with Gasteiger partial charge in [0, 0.05) is 23.1 Å². The molecule has 0 nitrogen and oxygen atoms in total. The Kier molecular flexibility index (Phi) is 5.08. The standard InChI is InChI=1S/C11H13Cl3/c12-7-11(8-13,9-14)6-10-4-2-1-3-5-10/h1-5H,6-9H2. The van der Waals surface area contributed by atoms with E-state index in [2.05, 4.69) is 12.1 Å². The van der Waals surface area contributed by atoms with E-state index in [0.717, 1.165) is 6.42 Å². The second-order valence-electron chi connectivity index (χ2n) is 3.56. The molecular weight excluding hydrogens is 238 g/mol. The molecule has 0 spiro atoms. The molecule has 0 saturated heterocycles. The summed E-state index contributed by atoms with van der Waals surface area (Å²) in [6, 6.07) is 10.2. The van der Waals surface area contributed by atoms with Crippen molar-refractivity contribution in [1.29, 1.82) is 0 Å². The molecule has 0 atom stereocenters. The van der Waals surface area contributed by atoms with Crippen molar-refractivity contribution in [3.63, 3.8) is 0 Å². The number of rotatable bonds is 5. The second-order valence-corrected chi connectivity index (χ2v) is 4.37. The molecule has 0 bridgehead atoms. The SMILES string of the molecule is ClCC(CCl)(CCl)Cc1ccccc1. The van der Waals surface area contributed by atoms with Crippen molar-refractivity contribution in [2.24, 2.45) is 5.41 Å². The third-order valence-corrected chi connectivity index (χ3v) is 3.97. The Morgan fingerprint density at radius 1 is 0.857 bits per heavy atom. The Balaban J connectivity index is 2.74. The van der Waals surface area contributed by atoms with Crippen LogP contribution in [0.3, 0.4) is 0 Å². The minimum atomic E-state index is -0.175. The lowest BCUT2D eigenvalue weighted by atomic mass is 9.87. The maximum Gasteiger partial charge on any atom is 0.0306 e. The highest BCUT2D eigenvalue weighted by atomic mass is 35.5. The number of halogens is 3. The summed E-state index contributed by atoms with van der Waals surface area (Å²) in [6.07, 6.45) is 0.838. The molecule has 0 aliphatic rings. The molecule has 0 aliphatic carbocycles. The maximum absolute atomic E-state index is 5.91. The van der Waals surface area contributed by atoms with Crippen LogP contribution in [0, 0.1) is 5.41 Å². The average Bonchev–Trinajstić information content (AvgIpc) is 2.28. The van der Waals surface area contributed by atoms with Crippen LogP contribution in [-0.2, 0) is 6.42 Å². The smallest absolute Gasteiger partial charge is 0.0306 e. The van der Waals surface area contributed by atoms with Gasteiger partial charge in [-0.2, -0.15) is 0 Å². The van der Waals surface area contributed by atoms with Crippen molar-refractivity contribution < 1.29 is 0 Å². The Morgan fingerprint density at radius 3 is 1.79 bits per heavy atom. The molecule has 0 fully saturated rings. The highest BCUT2D eigenvalue weighted by Gasteiger charge is 2.27. The largest absolute Gasteiger partial charge is 0.126 e.